The number of methoxy groups -OCH3 is 2. The van der Waals surface area contributed by atoms with Gasteiger partial charge < -0.3 is 9.47 Å². The van der Waals surface area contributed by atoms with E-state index in [-0.39, 0.29) is 31.2 Å². The van der Waals surface area contributed by atoms with Crippen molar-refractivity contribution in [1.29, 1.82) is 0 Å². The number of benzene rings is 2. The molecule has 0 bridgehead atoms. The highest BCUT2D eigenvalue weighted by molar-refractivity contribution is 6.50. The molecule has 0 spiro atoms. The molecule has 0 N–H and O–H groups in total. The Labute approximate surface area is 145 Å². The third kappa shape index (κ3) is 2.72. The van der Waals surface area contributed by atoms with E-state index in [9.17, 15) is 9.59 Å². The van der Waals surface area contributed by atoms with Crippen LogP contribution in [0.3, 0.4) is 0 Å². The van der Waals surface area contributed by atoms with Crippen LogP contribution in [0.15, 0.2) is 12.1 Å². The molecule has 0 aromatic heterocycles. The third-order valence-electron chi connectivity index (χ3n) is 3.01. The van der Waals surface area contributed by atoms with Crippen molar-refractivity contribution in [1.82, 2.24) is 0 Å². The molecule has 0 aliphatic heterocycles. The van der Waals surface area contributed by atoms with Crippen molar-refractivity contribution in [2.24, 2.45) is 0 Å². The Morgan fingerprint density at radius 1 is 0.727 bits per heavy atom. The number of ether oxygens (including phenoxy) is 2. The second-order valence-corrected chi connectivity index (χ2v) is 5.69. The fourth-order valence-corrected chi connectivity index (χ4v) is 2.91. The minimum absolute atomic E-state index is 0.00442. The number of rotatable bonds is 2. The standard InChI is InChI=1S/C14H8Cl4O4/c1-21-13(19)7-3-5-6(9(15)11(7)17)4-8(14(20)22-2)12(18)10(5)16/h3-4H,1-2H3. The molecule has 8 heteroatoms. The van der Waals surface area contributed by atoms with Gasteiger partial charge >= 0.3 is 11.9 Å². The number of fused-ring (bicyclic) bond motifs is 1. The molecule has 0 saturated carbocycles. The number of carbonyl (C=O) groups excluding carboxylic acids is 2. The van der Waals surface area contributed by atoms with E-state index >= 15 is 0 Å². The predicted molar refractivity (Wildman–Crippen MR) is 86.7 cm³/mol. The average Bonchev–Trinajstić information content (AvgIpc) is 2.52. The Bertz CT molecular complexity index is 734. The lowest BCUT2D eigenvalue weighted by atomic mass is 10.0. The predicted octanol–water partition coefficient (Wildman–Crippen LogP) is 5.03. The summed E-state index contributed by atoms with van der Waals surface area (Å²) in [5.41, 5.74) is 0.0934. The van der Waals surface area contributed by atoms with E-state index in [1.54, 1.807) is 0 Å². The van der Waals surface area contributed by atoms with Crippen LogP contribution in [-0.2, 0) is 9.47 Å². The molecule has 0 heterocycles. The summed E-state index contributed by atoms with van der Waals surface area (Å²) in [6.07, 6.45) is 0. The van der Waals surface area contributed by atoms with Gasteiger partial charge in [0, 0.05) is 10.8 Å². The van der Waals surface area contributed by atoms with Gasteiger partial charge in [-0.1, -0.05) is 46.4 Å². The average molecular weight is 382 g/mol. The highest BCUT2D eigenvalue weighted by atomic mass is 35.5. The molecule has 0 saturated heterocycles. The van der Waals surface area contributed by atoms with Crippen LogP contribution in [0.25, 0.3) is 10.8 Å². The molecule has 2 aromatic carbocycles. The lowest BCUT2D eigenvalue weighted by Crippen LogP contribution is -2.05. The van der Waals surface area contributed by atoms with Crippen molar-refractivity contribution in [2.45, 2.75) is 0 Å². The summed E-state index contributed by atoms with van der Waals surface area (Å²) in [5, 5.41) is 0.847. The van der Waals surface area contributed by atoms with Gasteiger partial charge in [0.05, 0.1) is 45.4 Å². The van der Waals surface area contributed by atoms with Gasteiger partial charge in [0.15, 0.2) is 0 Å². The largest absolute Gasteiger partial charge is 0.465 e. The summed E-state index contributed by atoms with van der Waals surface area (Å²) in [5.74, 6) is -1.34. The summed E-state index contributed by atoms with van der Waals surface area (Å²) >= 11 is 24.5. The maximum Gasteiger partial charge on any atom is 0.339 e. The molecule has 0 unspecified atom stereocenters. The molecule has 2 rings (SSSR count). The Hall–Kier alpha value is -1.20. The van der Waals surface area contributed by atoms with Gasteiger partial charge in [-0.05, 0) is 12.1 Å². The van der Waals surface area contributed by atoms with Gasteiger partial charge in [-0.3, -0.25) is 0 Å². The zero-order valence-electron chi connectivity index (χ0n) is 11.3. The molecule has 0 aliphatic carbocycles. The van der Waals surface area contributed by atoms with E-state index < -0.39 is 11.9 Å². The zero-order valence-corrected chi connectivity index (χ0v) is 14.3. The van der Waals surface area contributed by atoms with Crippen LogP contribution in [0.4, 0.5) is 0 Å². The van der Waals surface area contributed by atoms with Gasteiger partial charge in [-0.25, -0.2) is 9.59 Å². The first-order chi connectivity index (χ1) is 10.3. The Balaban J connectivity index is 2.90. The Morgan fingerprint density at radius 2 is 1.05 bits per heavy atom. The molecule has 0 atom stereocenters. The molecule has 22 heavy (non-hydrogen) atoms. The van der Waals surface area contributed by atoms with Crippen molar-refractivity contribution < 1.29 is 19.1 Å². The number of hydrogen-bond donors (Lipinski definition) is 0. The lowest BCUT2D eigenvalue weighted by molar-refractivity contribution is 0.0592. The Morgan fingerprint density at radius 3 is 1.32 bits per heavy atom. The molecule has 0 radical (unpaired) electrons. The lowest BCUT2D eigenvalue weighted by Gasteiger charge is -2.12. The van der Waals surface area contributed by atoms with Crippen LogP contribution in [0.1, 0.15) is 20.7 Å². The van der Waals surface area contributed by atoms with Crippen LogP contribution in [0.2, 0.25) is 20.1 Å². The van der Waals surface area contributed by atoms with Crippen molar-refractivity contribution in [3.8, 4) is 0 Å². The maximum atomic E-state index is 11.7. The molecule has 2 aromatic rings. The normalized spacial score (nSPS) is 10.6. The summed E-state index contributed by atoms with van der Waals surface area (Å²) in [6.45, 7) is 0. The highest BCUT2D eigenvalue weighted by Gasteiger charge is 2.22. The minimum atomic E-state index is -0.668. The second kappa shape index (κ2) is 6.50. The molecule has 116 valence electrons. The topological polar surface area (TPSA) is 52.6 Å². The van der Waals surface area contributed by atoms with Crippen LogP contribution < -0.4 is 0 Å². The number of halogens is 4. The summed E-state index contributed by atoms with van der Waals surface area (Å²) in [6, 6.07) is 2.81. The monoisotopic (exact) mass is 380 g/mol. The van der Waals surface area contributed by atoms with Crippen molar-refractivity contribution in [3.63, 3.8) is 0 Å². The van der Waals surface area contributed by atoms with Crippen LogP contribution >= 0.6 is 46.4 Å². The van der Waals surface area contributed by atoms with E-state index in [0.29, 0.717) is 10.8 Å². The van der Waals surface area contributed by atoms with Crippen molar-refractivity contribution >= 4 is 69.1 Å². The highest BCUT2D eigenvalue weighted by Crippen LogP contribution is 2.41. The smallest absolute Gasteiger partial charge is 0.339 e. The SMILES string of the molecule is COC(=O)c1cc2c(Cl)c(Cl)c(C(=O)OC)cc2c(Cl)c1Cl. The first kappa shape index (κ1) is 17.2. The summed E-state index contributed by atoms with van der Waals surface area (Å²) in [7, 11) is 2.43. The number of hydrogen-bond acceptors (Lipinski definition) is 4. The number of esters is 2. The fourth-order valence-electron chi connectivity index (χ4n) is 1.92. The van der Waals surface area contributed by atoms with E-state index in [1.807, 2.05) is 0 Å². The van der Waals surface area contributed by atoms with E-state index in [4.69, 9.17) is 46.4 Å². The zero-order chi connectivity index (χ0) is 16.6. The van der Waals surface area contributed by atoms with E-state index in [0.717, 1.165) is 0 Å². The van der Waals surface area contributed by atoms with Crippen molar-refractivity contribution in [2.75, 3.05) is 14.2 Å². The summed E-state index contributed by atoms with van der Waals surface area (Å²) in [4.78, 5) is 23.5. The van der Waals surface area contributed by atoms with E-state index in [2.05, 4.69) is 9.47 Å². The van der Waals surface area contributed by atoms with Crippen molar-refractivity contribution in [3.05, 3.63) is 43.4 Å². The van der Waals surface area contributed by atoms with E-state index in [1.165, 1.54) is 26.4 Å². The maximum absolute atomic E-state index is 11.7. The van der Waals surface area contributed by atoms with Crippen LogP contribution in [0.5, 0.6) is 0 Å². The minimum Gasteiger partial charge on any atom is -0.465 e. The molecular formula is C14H8Cl4O4. The Kier molecular flexibility index (Phi) is 5.07. The number of carbonyl (C=O) groups is 2. The van der Waals surface area contributed by atoms with Gasteiger partial charge in [0.1, 0.15) is 0 Å². The van der Waals surface area contributed by atoms with Gasteiger partial charge in [0.2, 0.25) is 0 Å². The quantitative estimate of drug-likeness (QED) is 0.684. The first-order valence-electron chi connectivity index (χ1n) is 5.79. The second-order valence-electron chi connectivity index (χ2n) is 4.18. The summed E-state index contributed by atoms with van der Waals surface area (Å²) < 4.78 is 9.28. The van der Waals surface area contributed by atoms with Crippen LogP contribution in [0, 0.1) is 0 Å². The fraction of sp³-hybridized carbons (Fsp3) is 0.143. The molecule has 0 fully saturated rings. The molecule has 4 nitrogen and oxygen atoms in total. The van der Waals surface area contributed by atoms with Gasteiger partial charge in [-0.15, -0.1) is 0 Å². The third-order valence-corrected chi connectivity index (χ3v) is 4.77. The molecule has 0 amide bonds. The van der Waals surface area contributed by atoms with Gasteiger partial charge in [0.25, 0.3) is 0 Å². The van der Waals surface area contributed by atoms with Gasteiger partial charge in [-0.2, -0.15) is 0 Å². The molecule has 0 aliphatic rings. The first-order valence-corrected chi connectivity index (χ1v) is 7.31. The molecular weight excluding hydrogens is 374 g/mol. The van der Waals surface area contributed by atoms with Crippen LogP contribution in [-0.4, -0.2) is 26.2 Å².